The Kier molecular flexibility index (Phi) is 5.18. The summed E-state index contributed by atoms with van der Waals surface area (Å²) in [6.45, 7) is 0. The van der Waals surface area contributed by atoms with Gasteiger partial charge in [-0.15, -0.1) is 0 Å². The lowest BCUT2D eigenvalue weighted by atomic mass is 10.1. The second kappa shape index (κ2) is 6.31. The Morgan fingerprint density at radius 2 is 1.81 bits per heavy atom. The SMILES string of the molecule is CS(=O)(=O)CCS(=O)(=O)CC(=O)c1cccc([N+](=O)[O-])c1. The molecule has 0 saturated heterocycles. The van der Waals surface area contributed by atoms with Crippen LogP contribution in [0, 0.1) is 10.1 Å². The maximum absolute atomic E-state index is 11.8. The third kappa shape index (κ3) is 6.00. The largest absolute Gasteiger partial charge is 0.293 e. The zero-order chi connectivity index (χ0) is 16.3. The van der Waals surface area contributed by atoms with Gasteiger partial charge in [-0.1, -0.05) is 12.1 Å². The van der Waals surface area contributed by atoms with Gasteiger partial charge in [-0.2, -0.15) is 0 Å². The summed E-state index contributed by atoms with van der Waals surface area (Å²) in [5, 5.41) is 10.6. The van der Waals surface area contributed by atoms with Gasteiger partial charge in [0.05, 0.1) is 16.4 Å². The molecule has 0 aliphatic heterocycles. The number of non-ortho nitro benzene ring substituents is 1. The molecule has 0 atom stereocenters. The predicted molar refractivity (Wildman–Crippen MR) is 75.8 cm³/mol. The van der Waals surface area contributed by atoms with Gasteiger partial charge >= 0.3 is 0 Å². The molecule has 1 aromatic rings. The molecule has 0 radical (unpaired) electrons. The lowest BCUT2D eigenvalue weighted by Crippen LogP contribution is -2.23. The van der Waals surface area contributed by atoms with E-state index in [4.69, 9.17) is 0 Å². The number of hydrogen-bond acceptors (Lipinski definition) is 7. The number of ketones is 1. The third-order valence-electron chi connectivity index (χ3n) is 2.50. The van der Waals surface area contributed by atoms with Crippen molar-refractivity contribution in [2.45, 2.75) is 0 Å². The smallest absolute Gasteiger partial charge is 0.270 e. The molecule has 21 heavy (non-hydrogen) atoms. The molecule has 0 aliphatic carbocycles. The van der Waals surface area contributed by atoms with Crippen LogP contribution >= 0.6 is 0 Å². The first-order chi connectivity index (χ1) is 9.50. The Hall–Kier alpha value is -1.81. The van der Waals surface area contributed by atoms with Crippen LogP contribution < -0.4 is 0 Å². The molecule has 0 fully saturated rings. The minimum absolute atomic E-state index is 0.105. The van der Waals surface area contributed by atoms with Crippen LogP contribution in [-0.2, 0) is 19.7 Å². The molecule has 0 aliphatic rings. The number of Topliss-reactive ketones (excluding diaryl/α,β-unsaturated/α-hetero) is 1. The van der Waals surface area contributed by atoms with Crippen LogP contribution in [0.2, 0.25) is 0 Å². The van der Waals surface area contributed by atoms with Crippen molar-refractivity contribution in [3.05, 3.63) is 39.9 Å². The lowest BCUT2D eigenvalue weighted by Gasteiger charge is -2.03. The number of carbonyl (C=O) groups excluding carboxylic acids is 1. The fourth-order valence-electron chi connectivity index (χ4n) is 1.43. The number of nitrogens with zero attached hydrogens (tertiary/aromatic N) is 1. The van der Waals surface area contributed by atoms with Gasteiger partial charge in [-0.25, -0.2) is 16.8 Å². The number of nitro benzene ring substituents is 1. The molecule has 0 spiro atoms. The molecule has 0 N–H and O–H groups in total. The van der Waals surface area contributed by atoms with Gasteiger partial charge in [0.2, 0.25) is 0 Å². The normalized spacial score (nSPS) is 12.0. The van der Waals surface area contributed by atoms with E-state index in [0.29, 0.717) is 0 Å². The quantitative estimate of drug-likeness (QED) is 0.396. The Morgan fingerprint density at radius 1 is 1.19 bits per heavy atom. The van der Waals surface area contributed by atoms with Gasteiger partial charge in [-0.05, 0) is 0 Å². The molecule has 0 bridgehead atoms. The molecular formula is C11H13NO7S2. The summed E-state index contributed by atoms with van der Waals surface area (Å²) in [6, 6.07) is 4.69. The second-order valence-electron chi connectivity index (χ2n) is 4.45. The number of carbonyl (C=O) groups is 1. The van der Waals surface area contributed by atoms with E-state index >= 15 is 0 Å². The molecular weight excluding hydrogens is 322 g/mol. The van der Waals surface area contributed by atoms with Crippen molar-refractivity contribution in [3.8, 4) is 0 Å². The summed E-state index contributed by atoms with van der Waals surface area (Å²) >= 11 is 0. The third-order valence-corrected chi connectivity index (χ3v) is 5.23. The highest BCUT2D eigenvalue weighted by molar-refractivity contribution is 7.95. The van der Waals surface area contributed by atoms with Gasteiger partial charge in [0.25, 0.3) is 5.69 Å². The Labute approximate surface area is 121 Å². The molecule has 10 heteroatoms. The fraction of sp³-hybridized carbons (Fsp3) is 0.364. The Morgan fingerprint density at radius 3 is 2.33 bits per heavy atom. The van der Waals surface area contributed by atoms with E-state index < -0.39 is 47.6 Å². The maximum atomic E-state index is 11.8. The van der Waals surface area contributed by atoms with E-state index in [2.05, 4.69) is 0 Å². The number of sulfone groups is 2. The molecule has 1 aromatic carbocycles. The summed E-state index contributed by atoms with van der Waals surface area (Å²) in [5.74, 6) is -2.93. The lowest BCUT2D eigenvalue weighted by molar-refractivity contribution is -0.384. The number of nitro groups is 1. The van der Waals surface area contributed by atoms with Crippen molar-refractivity contribution in [2.24, 2.45) is 0 Å². The van der Waals surface area contributed by atoms with Gasteiger partial charge in [0.15, 0.2) is 15.6 Å². The molecule has 0 amide bonds. The van der Waals surface area contributed by atoms with Gasteiger partial charge < -0.3 is 0 Å². The van der Waals surface area contributed by atoms with Crippen molar-refractivity contribution >= 4 is 31.1 Å². The van der Waals surface area contributed by atoms with Crippen LogP contribution in [0.25, 0.3) is 0 Å². The second-order valence-corrected chi connectivity index (χ2v) is 8.90. The minimum Gasteiger partial charge on any atom is -0.293 e. The first-order valence-electron chi connectivity index (χ1n) is 5.66. The number of rotatable bonds is 7. The van der Waals surface area contributed by atoms with Crippen LogP contribution in [0.1, 0.15) is 10.4 Å². The van der Waals surface area contributed by atoms with E-state index in [1.807, 2.05) is 0 Å². The monoisotopic (exact) mass is 335 g/mol. The minimum atomic E-state index is -3.89. The highest BCUT2D eigenvalue weighted by atomic mass is 32.2. The molecule has 1 rings (SSSR count). The molecule has 0 saturated carbocycles. The average molecular weight is 335 g/mol. The van der Waals surface area contributed by atoms with E-state index in [1.165, 1.54) is 18.2 Å². The van der Waals surface area contributed by atoms with E-state index in [9.17, 15) is 31.7 Å². The van der Waals surface area contributed by atoms with Crippen LogP contribution in [0.5, 0.6) is 0 Å². The topological polar surface area (TPSA) is 128 Å². The molecule has 0 heterocycles. The van der Waals surface area contributed by atoms with E-state index in [0.717, 1.165) is 12.3 Å². The standard InChI is InChI=1S/C11H13NO7S2/c1-20(16,17)5-6-21(18,19)8-11(13)9-3-2-4-10(7-9)12(14)15/h2-4,7H,5-6,8H2,1H3. The summed E-state index contributed by atoms with van der Waals surface area (Å²) in [7, 11) is -7.35. The van der Waals surface area contributed by atoms with Crippen molar-refractivity contribution in [1.82, 2.24) is 0 Å². The number of benzene rings is 1. The Bertz CT molecular complexity index is 766. The van der Waals surface area contributed by atoms with Gasteiger partial charge in [0, 0.05) is 24.0 Å². The van der Waals surface area contributed by atoms with Crippen molar-refractivity contribution in [3.63, 3.8) is 0 Å². The fourth-order valence-corrected chi connectivity index (χ4v) is 4.36. The summed E-state index contributed by atoms with van der Waals surface area (Å²) < 4.78 is 45.2. The van der Waals surface area contributed by atoms with Crippen LogP contribution in [0.4, 0.5) is 5.69 Å². The summed E-state index contributed by atoms with van der Waals surface area (Å²) in [4.78, 5) is 21.7. The van der Waals surface area contributed by atoms with Crippen LogP contribution in [-0.4, -0.2) is 51.1 Å². The molecule has 0 unspecified atom stereocenters. The maximum Gasteiger partial charge on any atom is 0.270 e. The summed E-state index contributed by atoms with van der Waals surface area (Å²) in [6.07, 6.45) is 0.894. The Balaban J connectivity index is 2.85. The summed E-state index contributed by atoms with van der Waals surface area (Å²) in [5.41, 5.74) is -0.429. The first kappa shape index (κ1) is 17.2. The highest BCUT2D eigenvalue weighted by Gasteiger charge is 2.21. The predicted octanol–water partition coefficient (Wildman–Crippen LogP) is 0.237. The van der Waals surface area contributed by atoms with Gasteiger partial charge in [0.1, 0.15) is 15.6 Å². The zero-order valence-corrected chi connectivity index (χ0v) is 12.7. The van der Waals surface area contributed by atoms with Crippen molar-refractivity contribution < 1.29 is 26.6 Å². The average Bonchev–Trinajstić information content (AvgIpc) is 2.35. The molecule has 8 nitrogen and oxygen atoms in total. The van der Waals surface area contributed by atoms with Crippen molar-refractivity contribution in [1.29, 1.82) is 0 Å². The molecule has 0 aromatic heterocycles. The zero-order valence-electron chi connectivity index (χ0n) is 11.1. The van der Waals surface area contributed by atoms with Crippen LogP contribution in [0.15, 0.2) is 24.3 Å². The van der Waals surface area contributed by atoms with E-state index in [1.54, 1.807) is 0 Å². The van der Waals surface area contributed by atoms with Crippen LogP contribution in [0.3, 0.4) is 0 Å². The van der Waals surface area contributed by atoms with Crippen molar-refractivity contribution in [2.75, 3.05) is 23.5 Å². The number of hydrogen-bond donors (Lipinski definition) is 0. The molecule has 116 valence electrons. The highest BCUT2D eigenvalue weighted by Crippen LogP contribution is 2.14. The van der Waals surface area contributed by atoms with Gasteiger partial charge in [-0.3, -0.25) is 14.9 Å². The van der Waals surface area contributed by atoms with E-state index in [-0.39, 0.29) is 11.3 Å². The first-order valence-corrected chi connectivity index (χ1v) is 9.54.